The molecule has 1 amide bonds. The van der Waals surface area contributed by atoms with Crippen molar-refractivity contribution in [1.82, 2.24) is 5.32 Å². The van der Waals surface area contributed by atoms with Crippen molar-refractivity contribution in [3.63, 3.8) is 0 Å². The van der Waals surface area contributed by atoms with E-state index in [0.717, 1.165) is 0 Å². The van der Waals surface area contributed by atoms with Crippen LogP contribution in [0.15, 0.2) is 12.2 Å². The average molecular weight is 377 g/mol. The average Bonchev–Trinajstić information content (AvgIpc) is 2.41. The number of hydrogen-bond donors (Lipinski definition) is 4. The zero-order chi connectivity index (χ0) is 18.9. The number of carbonyl (C=O) groups is 1. The van der Waals surface area contributed by atoms with Crippen molar-refractivity contribution in [2.24, 2.45) is 0 Å². The lowest BCUT2D eigenvalue weighted by atomic mass is 9.98. The van der Waals surface area contributed by atoms with E-state index in [1.807, 2.05) is 0 Å². The Morgan fingerprint density at radius 1 is 1.29 bits per heavy atom. The quantitative estimate of drug-likeness (QED) is 0.427. The summed E-state index contributed by atoms with van der Waals surface area (Å²) in [4.78, 5) is 11.1. The van der Waals surface area contributed by atoms with E-state index in [-0.39, 0.29) is 5.57 Å². The molecule has 0 unspecified atom stereocenters. The van der Waals surface area contributed by atoms with Crippen LogP contribution in [0, 0.1) is 0 Å². The largest absolute Gasteiger partial charge is 0.471 e. The van der Waals surface area contributed by atoms with Crippen LogP contribution in [0.25, 0.3) is 0 Å². The third-order valence-corrected chi connectivity index (χ3v) is 5.24. The molecule has 0 aromatic carbocycles. The third kappa shape index (κ3) is 4.66. The molecule has 0 radical (unpaired) electrons. The van der Waals surface area contributed by atoms with Gasteiger partial charge in [0.15, 0.2) is 15.3 Å². The lowest BCUT2D eigenvalue weighted by Gasteiger charge is -2.42. The van der Waals surface area contributed by atoms with Gasteiger partial charge in [-0.25, -0.2) is 8.42 Å². The van der Waals surface area contributed by atoms with E-state index in [4.69, 9.17) is 9.84 Å². The van der Waals surface area contributed by atoms with E-state index in [1.54, 1.807) is 0 Å². The summed E-state index contributed by atoms with van der Waals surface area (Å²) in [5, 5.41) is 30.0. The molecule has 0 aromatic rings. The first-order chi connectivity index (χ1) is 10.8. The lowest BCUT2D eigenvalue weighted by molar-refractivity contribution is -0.190. The summed E-state index contributed by atoms with van der Waals surface area (Å²) >= 11 is 0. The van der Waals surface area contributed by atoms with Crippen LogP contribution in [-0.4, -0.2) is 78.0 Å². The second kappa shape index (κ2) is 7.35. The predicted molar refractivity (Wildman–Crippen MR) is 74.3 cm³/mol. The zero-order valence-electron chi connectivity index (χ0n) is 12.5. The number of halogens is 3. The lowest BCUT2D eigenvalue weighted by Crippen LogP contribution is -2.67. The van der Waals surface area contributed by atoms with E-state index >= 15 is 0 Å². The molecule has 5 atom stereocenters. The molecule has 1 saturated heterocycles. The molecular weight excluding hydrogens is 359 g/mol. The fourth-order valence-electron chi connectivity index (χ4n) is 2.20. The molecule has 0 aromatic heterocycles. The van der Waals surface area contributed by atoms with Crippen LogP contribution < -0.4 is 5.32 Å². The number of amides is 1. The van der Waals surface area contributed by atoms with Crippen LogP contribution in [0.4, 0.5) is 13.2 Å². The SMILES string of the molecule is C=C(C)CS(=O)(=O)[C@@H]1O[C@H](CO)[C@H](O)[C@H](O)[C@H]1NC(=O)C(F)(F)F. The number of nitrogens with one attached hydrogen (secondary N) is 1. The molecule has 140 valence electrons. The summed E-state index contributed by atoms with van der Waals surface area (Å²) in [6.45, 7) is 3.82. The van der Waals surface area contributed by atoms with Gasteiger partial charge in [0.2, 0.25) is 0 Å². The highest BCUT2D eigenvalue weighted by Gasteiger charge is 2.52. The highest BCUT2D eigenvalue weighted by molar-refractivity contribution is 7.92. The van der Waals surface area contributed by atoms with Gasteiger partial charge in [-0.1, -0.05) is 12.2 Å². The van der Waals surface area contributed by atoms with Gasteiger partial charge in [0, 0.05) is 0 Å². The van der Waals surface area contributed by atoms with Crippen molar-refractivity contribution >= 4 is 15.7 Å². The first-order valence-electron chi connectivity index (χ1n) is 6.67. The van der Waals surface area contributed by atoms with Gasteiger partial charge in [-0.05, 0) is 6.92 Å². The Morgan fingerprint density at radius 2 is 1.83 bits per heavy atom. The van der Waals surface area contributed by atoms with Crippen molar-refractivity contribution in [3.8, 4) is 0 Å². The van der Waals surface area contributed by atoms with Gasteiger partial charge >= 0.3 is 12.1 Å². The van der Waals surface area contributed by atoms with Crippen LogP contribution in [0.5, 0.6) is 0 Å². The molecular formula is C12H18F3NO7S. The summed E-state index contributed by atoms with van der Waals surface area (Å²) in [5.74, 6) is -3.18. The summed E-state index contributed by atoms with van der Waals surface area (Å²) in [6.07, 6.45) is -10.9. The fraction of sp³-hybridized carbons (Fsp3) is 0.750. The van der Waals surface area contributed by atoms with Crippen LogP contribution >= 0.6 is 0 Å². The van der Waals surface area contributed by atoms with Gasteiger partial charge in [-0.3, -0.25) is 4.79 Å². The molecule has 0 spiro atoms. The molecule has 0 bridgehead atoms. The highest BCUT2D eigenvalue weighted by Crippen LogP contribution is 2.27. The normalized spacial score (nSPS) is 31.5. The Hall–Kier alpha value is -1.21. The molecule has 1 fully saturated rings. The molecule has 1 heterocycles. The minimum Gasteiger partial charge on any atom is -0.394 e. The Balaban J connectivity index is 3.21. The Bertz CT molecular complexity index is 592. The van der Waals surface area contributed by atoms with E-state index < -0.39 is 64.1 Å². The third-order valence-electron chi connectivity index (χ3n) is 3.24. The Morgan fingerprint density at radius 3 is 2.25 bits per heavy atom. The standard InChI is InChI=1S/C12H18F3NO7S/c1-5(2)4-24(21,22)10-7(16-11(20)12(13,14)15)9(19)8(18)6(3-17)23-10/h6-10,17-19H,1,3-4H2,2H3,(H,16,20)/t6-,7-,8+,9-,10+/m1/s1. The molecule has 4 N–H and O–H groups in total. The molecule has 12 heteroatoms. The molecule has 8 nitrogen and oxygen atoms in total. The van der Waals surface area contributed by atoms with Gasteiger partial charge in [-0.15, -0.1) is 0 Å². The first kappa shape index (κ1) is 20.8. The number of alkyl halides is 3. The summed E-state index contributed by atoms with van der Waals surface area (Å²) in [5.41, 5.74) is -1.96. The van der Waals surface area contributed by atoms with E-state index in [0.29, 0.717) is 0 Å². The van der Waals surface area contributed by atoms with E-state index in [1.165, 1.54) is 12.2 Å². The first-order valence-corrected chi connectivity index (χ1v) is 8.39. The van der Waals surface area contributed by atoms with Crippen molar-refractivity contribution in [2.45, 2.75) is 42.9 Å². The summed E-state index contributed by atoms with van der Waals surface area (Å²) in [7, 11) is -4.31. The smallest absolute Gasteiger partial charge is 0.394 e. The minimum absolute atomic E-state index is 0.139. The number of sulfone groups is 1. The van der Waals surface area contributed by atoms with E-state index in [2.05, 4.69) is 6.58 Å². The van der Waals surface area contributed by atoms with Crippen molar-refractivity contribution in [1.29, 1.82) is 0 Å². The topological polar surface area (TPSA) is 133 Å². The summed E-state index contributed by atoms with van der Waals surface area (Å²) < 4.78 is 66.7. The molecule has 24 heavy (non-hydrogen) atoms. The monoisotopic (exact) mass is 377 g/mol. The van der Waals surface area contributed by atoms with Crippen LogP contribution in [-0.2, 0) is 19.4 Å². The van der Waals surface area contributed by atoms with Crippen LogP contribution in [0.2, 0.25) is 0 Å². The predicted octanol–water partition coefficient (Wildman–Crippen LogP) is -1.54. The molecule has 0 saturated carbocycles. The van der Waals surface area contributed by atoms with Gasteiger partial charge < -0.3 is 25.4 Å². The Kier molecular flexibility index (Phi) is 6.38. The number of aliphatic hydroxyl groups excluding tert-OH is 3. The molecule has 1 rings (SSSR count). The van der Waals surface area contributed by atoms with Crippen molar-refractivity contribution in [2.75, 3.05) is 12.4 Å². The van der Waals surface area contributed by atoms with E-state index in [9.17, 15) is 36.6 Å². The zero-order valence-corrected chi connectivity index (χ0v) is 13.3. The maximum Gasteiger partial charge on any atom is 0.471 e. The number of hydrogen-bond acceptors (Lipinski definition) is 7. The molecule has 1 aliphatic heterocycles. The highest BCUT2D eigenvalue weighted by atomic mass is 32.2. The van der Waals surface area contributed by atoms with Gasteiger partial charge in [0.05, 0.1) is 18.4 Å². The second-order valence-corrected chi connectivity index (χ2v) is 7.55. The van der Waals surface area contributed by atoms with Gasteiger partial charge in [-0.2, -0.15) is 13.2 Å². The van der Waals surface area contributed by atoms with Gasteiger partial charge in [0.25, 0.3) is 0 Å². The maximum absolute atomic E-state index is 12.4. The number of aliphatic hydroxyl groups is 3. The maximum atomic E-state index is 12.4. The van der Waals surface area contributed by atoms with Crippen molar-refractivity contribution < 1.29 is 46.4 Å². The van der Waals surface area contributed by atoms with Crippen LogP contribution in [0.3, 0.4) is 0 Å². The van der Waals surface area contributed by atoms with Crippen LogP contribution in [0.1, 0.15) is 6.92 Å². The molecule has 1 aliphatic rings. The minimum atomic E-state index is -5.33. The second-order valence-electron chi connectivity index (χ2n) is 5.47. The number of rotatable bonds is 5. The molecule has 0 aliphatic carbocycles. The number of carbonyl (C=O) groups excluding carboxylic acids is 1. The number of ether oxygens (including phenoxy) is 1. The van der Waals surface area contributed by atoms with Crippen molar-refractivity contribution in [3.05, 3.63) is 12.2 Å². The Labute approximate surface area is 135 Å². The van der Waals surface area contributed by atoms with Gasteiger partial charge in [0.1, 0.15) is 18.3 Å². The summed E-state index contributed by atoms with van der Waals surface area (Å²) in [6, 6.07) is -2.08. The fourth-order valence-corrected chi connectivity index (χ4v) is 4.04.